The molecule has 0 bridgehead atoms. The van der Waals surface area contributed by atoms with E-state index in [4.69, 9.17) is 22.1 Å². The van der Waals surface area contributed by atoms with E-state index >= 15 is 0 Å². The van der Waals surface area contributed by atoms with E-state index in [1.165, 1.54) is 0 Å². The second-order valence-electron chi connectivity index (χ2n) is 4.40. The Bertz CT molecular complexity index is 394. The molecule has 94 valence electrons. The van der Waals surface area contributed by atoms with Crippen molar-refractivity contribution in [3.63, 3.8) is 0 Å². The van der Waals surface area contributed by atoms with Crippen molar-refractivity contribution < 1.29 is 9.84 Å². The Morgan fingerprint density at radius 3 is 2.82 bits per heavy atom. The highest BCUT2D eigenvalue weighted by atomic mass is 35.5. The van der Waals surface area contributed by atoms with Crippen LogP contribution < -0.4 is 10.5 Å². The standard InChI is InChI=1S/C12H17ClN2O2/c1-15-6-9(7-15)17-12-3-2-8(4-10(12)13)11(16)5-14/h2-4,9,11,16H,5-7,14H2,1H3. The number of aliphatic hydroxyl groups excluding tert-OH is 1. The maximum absolute atomic E-state index is 9.59. The summed E-state index contributed by atoms with van der Waals surface area (Å²) >= 11 is 6.10. The number of aliphatic hydroxyl groups is 1. The van der Waals surface area contributed by atoms with Crippen LogP contribution in [0.3, 0.4) is 0 Å². The number of hydrogen-bond acceptors (Lipinski definition) is 4. The average molecular weight is 257 g/mol. The molecule has 1 heterocycles. The summed E-state index contributed by atoms with van der Waals surface area (Å²) in [7, 11) is 2.04. The number of ether oxygens (including phenoxy) is 1. The molecule has 1 saturated heterocycles. The molecule has 2 rings (SSSR count). The predicted octanol–water partition coefficient (Wildman–Crippen LogP) is 1.02. The van der Waals surface area contributed by atoms with Gasteiger partial charge < -0.3 is 15.6 Å². The summed E-state index contributed by atoms with van der Waals surface area (Å²) in [6, 6.07) is 5.28. The van der Waals surface area contributed by atoms with Crippen LogP contribution in [0.2, 0.25) is 5.02 Å². The van der Waals surface area contributed by atoms with Crippen LogP contribution in [-0.2, 0) is 0 Å². The third-order valence-electron chi connectivity index (χ3n) is 2.89. The third-order valence-corrected chi connectivity index (χ3v) is 3.18. The highest BCUT2D eigenvalue weighted by molar-refractivity contribution is 6.32. The topological polar surface area (TPSA) is 58.7 Å². The summed E-state index contributed by atoms with van der Waals surface area (Å²) in [5.41, 5.74) is 6.11. The van der Waals surface area contributed by atoms with Gasteiger partial charge in [-0.05, 0) is 24.7 Å². The lowest BCUT2D eigenvalue weighted by Gasteiger charge is -2.36. The van der Waals surface area contributed by atoms with Gasteiger partial charge >= 0.3 is 0 Å². The summed E-state index contributed by atoms with van der Waals surface area (Å²) in [6.07, 6.45) is -0.459. The molecule has 1 fully saturated rings. The monoisotopic (exact) mass is 256 g/mol. The van der Waals surface area contributed by atoms with Crippen LogP contribution in [0.4, 0.5) is 0 Å². The number of hydrogen-bond donors (Lipinski definition) is 2. The van der Waals surface area contributed by atoms with E-state index in [9.17, 15) is 5.11 Å². The van der Waals surface area contributed by atoms with Gasteiger partial charge in [0.2, 0.25) is 0 Å². The molecule has 0 aromatic heterocycles. The molecule has 0 aliphatic carbocycles. The van der Waals surface area contributed by atoms with Gasteiger partial charge in [-0.25, -0.2) is 0 Å². The fourth-order valence-corrected chi connectivity index (χ4v) is 2.09. The summed E-state index contributed by atoms with van der Waals surface area (Å²) < 4.78 is 5.73. The lowest BCUT2D eigenvalue weighted by atomic mass is 10.1. The molecule has 1 aliphatic heterocycles. The van der Waals surface area contributed by atoms with Gasteiger partial charge in [0.15, 0.2) is 0 Å². The fourth-order valence-electron chi connectivity index (χ4n) is 1.85. The molecule has 1 aliphatic rings. The smallest absolute Gasteiger partial charge is 0.138 e. The van der Waals surface area contributed by atoms with Gasteiger partial charge in [-0.1, -0.05) is 17.7 Å². The van der Waals surface area contributed by atoms with Crippen molar-refractivity contribution in [2.45, 2.75) is 12.2 Å². The van der Waals surface area contributed by atoms with Gasteiger partial charge in [-0.15, -0.1) is 0 Å². The molecule has 5 heteroatoms. The van der Waals surface area contributed by atoms with Gasteiger partial charge in [0.05, 0.1) is 11.1 Å². The van der Waals surface area contributed by atoms with Crippen LogP contribution >= 0.6 is 11.6 Å². The van der Waals surface area contributed by atoms with Gasteiger partial charge in [0, 0.05) is 19.6 Å². The molecule has 4 nitrogen and oxygen atoms in total. The normalized spacial score (nSPS) is 18.8. The minimum absolute atomic E-state index is 0.184. The Morgan fingerprint density at radius 1 is 1.59 bits per heavy atom. The zero-order chi connectivity index (χ0) is 12.4. The molecule has 0 amide bonds. The molecule has 3 N–H and O–H groups in total. The summed E-state index contributed by atoms with van der Waals surface area (Å²) in [5.74, 6) is 0.665. The molecule has 17 heavy (non-hydrogen) atoms. The lowest BCUT2D eigenvalue weighted by molar-refractivity contribution is 0.0388. The first-order valence-electron chi connectivity index (χ1n) is 5.63. The van der Waals surface area contributed by atoms with E-state index in [2.05, 4.69) is 4.90 Å². The number of halogens is 1. The van der Waals surface area contributed by atoms with Crippen LogP contribution in [0.5, 0.6) is 5.75 Å². The predicted molar refractivity (Wildman–Crippen MR) is 67.4 cm³/mol. The Hall–Kier alpha value is -0.810. The van der Waals surface area contributed by atoms with Crippen molar-refractivity contribution >= 4 is 11.6 Å². The van der Waals surface area contributed by atoms with Crippen molar-refractivity contribution in [2.75, 3.05) is 26.7 Å². The molecule has 0 radical (unpaired) electrons. The minimum atomic E-state index is -0.670. The van der Waals surface area contributed by atoms with Gasteiger partial charge in [0.1, 0.15) is 11.9 Å². The van der Waals surface area contributed by atoms with Crippen molar-refractivity contribution in [3.05, 3.63) is 28.8 Å². The van der Waals surface area contributed by atoms with Crippen LogP contribution in [-0.4, -0.2) is 42.8 Å². The zero-order valence-electron chi connectivity index (χ0n) is 9.77. The molecule has 0 spiro atoms. The summed E-state index contributed by atoms with van der Waals surface area (Å²) in [5, 5.41) is 10.1. The first kappa shape index (κ1) is 12.6. The second-order valence-corrected chi connectivity index (χ2v) is 4.81. The number of benzene rings is 1. The molecule has 0 saturated carbocycles. The number of rotatable bonds is 4. The highest BCUT2D eigenvalue weighted by Gasteiger charge is 2.25. The first-order valence-corrected chi connectivity index (χ1v) is 6.00. The number of likely N-dealkylation sites (tertiary alicyclic amines) is 1. The Balaban J connectivity index is 2.04. The maximum Gasteiger partial charge on any atom is 0.138 e. The molecular weight excluding hydrogens is 240 g/mol. The molecule has 1 aromatic carbocycles. The van der Waals surface area contributed by atoms with Crippen LogP contribution in [0.25, 0.3) is 0 Å². The average Bonchev–Trinajstić information content (AvgIpc) is 2.28. The number of nitrogens with zero attached hydrogens (tertiary/aromatic N) is 1. The van der Waals surface area contributed by atoms with Gasteiger partial charge in [-0.2, -0.15) is 0 Å². The first-order chi connectivity index (χ1) is 8.10. The lowest BCUT2D eigenvalue weighted by Crippen LogP contribution is -2.51. The minimum Gasteiger partial charge on any atom is -0.486 e. The van der Waals surface area contributed by atoms with E-state index in [-0.39, 0.29) is 12.6 Å². The summed E-state index contributed by atoms with van der Waals surface area (Å²) in [6.45, 7) is 2.02. The van der Waals surface area contributed by atoms with Crippen LogP contribution in [0, 0.1) is 0 Å². The highest BCUT2D eigenvalue weighted by Crippen LogP contribution is 2.29. The zero-order valence-corrected chi connectivity index (χ0v) is 10.5. The SMILES string of the molecule is CN1CC(Oc2ccc(C(O)CN)cc2Cl)C1. The van der Waals surface area contributed by atoms with E-state index < -0.39 is 6.10 Å². The second kappa shape index (κ2) is 5.23. The molecule has 1 unspecified atom stereocenters. The van der Waals surface area contributed by atoms with Crippen molar-refractivity contribution in [1.29, 1.82) is 0 Å². The van der Waals surface area contributed by atoms with Crippen LogP contribution in [0.1, 0.15) is 11.7 Å². The number of nitrogens with two attached hydrogens (primary N) is 1. The fraction of sp³-hybridized carbons (Fsp3) is 0.500. The van der Waals surface area contributed by atoms with Crippen molar-refractivity contribution in [3.8, 4) is 5.75 Å². The number of likely N-dealkylation sites (N-methyl/N-ethyl adjacent to an activating group) is 1. The van der Waals surface area contributed by atoms with Crippen molar-refractivity contribution in [2.24, 2.45) is 5.73 Å². The molecule has 1 aromatic rings. The van der Waals surface area contributed by atoms with Crippen LogP contribution in [0.15, 0.2) is 18.2 Å². The van der Waals surface area contributed by atoms with Crippen molar-refractivity contribution in [1.82, 2.24) is 4.90 Å². The quantitative estimate of drug-likeness (QED) is 0.845. The largest absolute Gasteiger partial charge is 0.486 e. The maximum atomic E-state index is 9.59. The van der Waals surface area contributed by atoms with Gasteiger partial charge in [0.25, 0.3) is 0 Å². The van der Waals surface area contributed by atoms with E-state index in [0.29, 0.717) is 10.8 Å². The Labute approximate surface area is 106 Å². The molecular formula is C12H17ClN2O2. The van der Waals surface area contributed by atoms with E-state index in [1.807, 2.05) is 7.05 Å². The van der Waals surface area contributed by atoms with Gasteiger partial charge in [-0.3, -0.25) is 4.90 Å². The third kappa shape index (κ3) is 2.90. The van der Waals surface area contributed by atoms with E-state index in [0.717, 1.165) is 18.7 Å². The summed E-state index contributed by atoms with van der Waals surface area (Å²) in [4.78, 5) is 2.17. The molecule has 1 atom stereocenters. The van der Waals surface area contributed by atoms with E-state index in [1.54, 1.807) is 18.2 Å². The Morgan fingerprint density at radius 2 is 2.29 bits per heavy atom. The Kier molecular flexibility index (Phi) is 3.89.